The Kier molecular flexibility index (Phi) is 5.44. The quantitative estimate of drug-likeness (QED) is 0.834. The topological polar surface area (TPSA) is 48.3 Å². The van der Waals surface area contributed by atoms with Crippen LogP contribution in [0.5, 0.6) is 0 Å². The Labute approximate surface area is 161 Å². The third kappa shape index (κ3) is 4.39. The van der Waals surface area contributed by atoms with Crippen molar-refractivity contribution in [2.24, 2.45) is 5.92 Å². The van der Waals surface area contributed by atoms with Crippen molar-refractivity contribution in [2.75, 3.05) is 19.8 Å². The van der Waals surface area contributed by atoms with Crippen LogP contribution in [0.2, 0.25) is 0 Å². The van der Waals surface area contributed by atoms with Crippen LogP contribution in [0.4, 0.5) is 13.2 Å². The summed E-state index contributed by atoms with van der Waals surface area (Å²) in [5, 5.41) is 7.07. The maximum Gasteiger partial charge on any atom is 0.435 e. The lowest BCUT2D eigenvalue weighted by atomic mass is 9.85. The van der Waals surface area contributed by atoms with Crippen LogP contribution in [-0.4, -0.2) is 35.3 Å². The normalized spacial score (nSPS) is 20.1. The Balaban J connectivity index is 1.24. The molecule has 28 heavy (non-hydrogen) atoms. The van der Waals surface area contributed by atoms with Crippen LogP contribution in [0.1, 0.15) is 36.9 Å². The average Bonchev–Trinajstić information content (AvgIpc) is 3.34. The van der Waals surface area contributed by atoms with Crippen molar-refractivity contribution in [1.82, 2.24) is 15.1 Å². The summed E-state index contributed by atoms with van der Waals surface area (Å²) in [4.78, 5) is 0. The zero-order valence-corrected chi connectivity index (χ0v) is 15.5. The van der Waals surface area contributed by atoms with Crippen molar-refractivity contribution in [3.05, 3.63) is 47.8 Å². The molecule has 1 aliphatic heterocycles. The number of hydrogen-bond donors (Lipinski definition) is 1. The first-order valence-electron chi connectivity index (χ1n) is 9.64. The second kappa shape index (κ2) is 7.85. The number of hydrogen-bond acceptors (Lipinski definition) is 4. The summed E-state index contributed by atoms with van der Waals surface area (Å²) < 4.78 is 50.7. The Morgan fingerprint density at radius 3 is 2.36 bits per heavy atom. The van der Waals surface area contributed by atoms with Crippen LogP contribution < -0.4 is 5.32 Å². The highest BCUT2D eigenvalue weighted by Crippen LogP contribution is 2.38. The van der Waals surface area contributed by atoms with E-state index >= 15 is 0 Å². The first kappa shape index (κ1) is 19.4. The molecule has 1 saturated heterocycles. The maximum absolute atomic E-state index is 12.7. The van der Waals surface area contributed by atoms with Gasteiger partial charge in [0.2, 0.25) is 0 Å². The third-order valence-corrected chi connectivity index (χ3v) is 5.52. The van der Waals surface area contributed by atoms with E-state index in [1.165, 1.54) is 10.9 Å². The lowest BCUT2D eigenvalue weighted by Crippen LogP contribution is -2.37. The van der Waals surface area contributed by atoms with Gasteiger partial charge in [-0.15, -0.1) is 0 Å². The van der Waals surface area contributed by atoms with E-state index in [9.17, 15) is 13.2 Å². The standard InChI is InChI=1S/C20H24F3N3O2/c21-20(22,23)18-7-10-26(25-18)17-3-1-15(2-4-17)13-24-14-16-5-8-19(9-6-16)27-11-12-28-19/h1-4,7,10,16,24H,5-6,8-9,11-14H2. The molecule has 0 amide bonds. The van der Waals surface area contributed by atoms with Crippen LogP contribution in [0.25, 0.3) is 5.69 Å². The van der Waals surface area contributed by atoms with E-state index in [-0.39, 0.29) is 5.79 Å². The van der Waals surface area contributed by atoms with Crippen molar-refractivity contribution >= 4 is 0 Å². The Hall–Kier alpha value is -1.90. The number of benzene rings is 1. The third-order valence-electron chi connectivity index (χ3n) is 5.52. The van der Waals surface area contributed by atoms with E-state index in [0.29, 0.717) is 24.8 Å². The predicted molar refractivity (Wildman–Crippen MR) is 96.9 cm³/mol. The molecule has 1 aromatic heterocycles. The Bertz CT molecular complexity index is 773. The average molecular weight is 395 g/mol. The summed E-state index contributed by atoms with van der Waals surface area (Å²) in [6, 6.07) is 8.36. The lowest BCUT2D eigenvalue weighted by molar-refractivity contribution is -0.182. The fourth-order valence-electron chi connectivity index (χ4n) is 3.91. The molecule has 5 nitrogen and oxygen atoms in total. The molecule has 1 N–H and O–H groups in total. The van der Waals surface area contributed by atoms with E-state index in [0.717, 1.165) is 50.4 Å². The SMILES string of the molecule is FC(F)(F)c1ccn(-c2ccc(CNCC3CCC4(CC3)OCCO4)cc2)n1. The molecule has 2 heterocycles. The maximum atomic E-state index is 12.7. The minimum absolute atomic E-state index is 0.315. The van der Waals surface area contributed by atoms with Crippen molar-refractivity contribution < 1.29 is 22.6 Å². The lowest BCUT2D eigenvalue weighted by Gasteiger charge is -2.35. The molecule has 8 heteroatoms. The molecule has 4 rings (SSSR count). The fraction of sp³-hybridized carbons (Fsp3) is 0.550. The first-order valence-corrected chi connectivity index (χ1v) is 9.64. The molecule has 0 atom stereocenters. The van der Waals surface area contributed by atoms with E-state index < -0.39 is 11.9 Å². The minimum atomic E-state index is -4.43. The second-order valence-electron chi connectivity index (χ2n) is 7.49. The summed E-state index contributed by atoms with van der Waals surface area (Å²) in [5.41, 5.74) is 0.802. The van der Waals surface area contributed by atoms with Gasteiger partial charge in [-0.3, -0.25) is 0 Å². The Morgan fingerprint density at radius 2 is 1.75 bits per heavy atom. The highest BCUT2D eigenvalue weighted by Gasteiger charge is 2.40. The van der Waals surface area contributed by atoms with Gasteiger partial charge in [-0.05, 0) is 49.1 Å². The van der Waals surface area contributed by atoms with Crippen LogP contribution in [0, 0.1) is 5.92 Å². The number of halogens is 3. The van der Waals surface area contributed by atoms with Gasteiger partial charge < -0.3 is 14.8 Å². The number of nitrogens with zero attached hydrogens (tertiary/aromatic N) is 2. The smallest absolute Gasteiger partial charge is 0.348 e. The molecule has 1 aliphatic carbocycles. The van der Waals surface area contributed by atoms with E-state index in [1.54, 1.807) is 12.1 Å². The van der Waals surface area contributed by atoms with Crippen LogP contribution in [0.15, 0.2) is 36.5 Å². The van der Waals surface area contributed by atoms with Crippen LogP contribution >= 0.6 is 0 Å². The molecule has 0 radical (unpaired) electrons. The van der Waals surface area contributed by atoms with Gasteiger partial charge in [-0.2, -0.15) is 18.3 Å². The van der Waals surface area contributed by atoms with Gasteiger partial charge in [0.05, 0.1) is 18.9 Å². The number of ether oxygens (including phenoxy) is 2. The molecular weight excluding hydrogens is 371 g/mol. The molecule has 0 unspecified atom stereocenters. The summed E-state index contributed by atoms with van der Waals surface area (Å²) in [7, 11) is 0. The van der Waals surface area contributed by atoms with Crippen molar-refractivity contribution in [1.29, 1.82) is 0 Å². The summed E-state index contributed by atoms with van der Waals surface area (Å²) in [6.07, 6.45) is 0.989. The second-order valence-corrected chi connectivity index (χ2v) is 7.49. The van der Waals surface area contributed by atoms with Gasteiger partial charge in [0.15, 0.2) is 11.5 Å². The van der Waals surface area contributed by atoms with E-state index in [1.807, 2.05) is 12.1 Å². The molecule has 2 aromatic rings. The molecule has 152 valence electrons. The molecule has 2 aliphatic rings. The fourth-order valence-corrected chi connectivity index (χ4v) is 3.91. The van der Waals surface area contributed by atoms with Gasteiger partial charge in [0.1, 0.15) is 0 Å². The highest BCUT2D eigenvalue weighted by atomic mass is 19.4. The largest absolute Gasteiger partial charge is 0.435 e. The van der Waals surface area contributed by atoms with Crippen molar-refractivity contribution in [3.63, 3.8) is 0 Å². The summed E-state index contributed by atoms with van der Waals surface area (Å²) in [6.45, 7) is 3.07. The first-order chi connectivity index (χ1) is 13.4. The minimum Gasteiger partial charge on any atom is -0.348 e. The van der Waals surface area contributed by atoms with Crippen LogP contribution in [-0.2, 0) is 22.2 Å². The van der Waals surface area contributed by atoms with Gasteiger partial charge in [0, 0.05) is 25.6 Å². The molecular formula is C20H24F3N3O2. The summed E-state index contributed by atoms with van der Waals surface area (Å²) >= 11 is 0. The molecule has 1 aromatic carbocycles. The molecule has 1 spiro atoms. The predicted octanol–water partition coefficient (Wildman–Crippen LogP) is 3.91. The van der Waals surface area contributed by atoms with Gasteiger partial charge >= 0.3 is 6.18 Å². The monoisotopic (exact) mass is 395 g/mol. The molecule has 0 bridgehead atoms. The molecule has 2 fully saturated rings. The van der Waals surface area contributed by atoms with E-state index in [2.05, 4.69) is 10.4 Å². The number of rotatable bonds is 5. The summed E-state index contributed by atoms with van der Waals surface area (Å²) in [5.74, 6) is 0.299. The van der Waals surface area contributed by atoms with Gasteiger partial charge in [-0.1, -0.05) is 12.1 Å². The molecule has 1 saturated carbocycles. The van der Waals surface area contributed by atoms with Gasteiger partial charge in [0.25, 0.3) is 0 Å². The zero-order chi connectivity index (χ0) is 19.6. The Morgan fingerprint density at radius 1 is 1.07 bits per heavy atom. The number of alkyl halides is 3. The highest BCUT2D eigenvalue weighted by molar-refractivity contribution is 5.34. The number of aromatic nitrogens is 2. The van der Waals surface area contributed by atoms with E-state index in [4.69, 9.17) is 9.47 Å². The van der Waals surface area contributed by atoms with Gasteiger partial charge in [-0.25, -0.2) is 4.68 Å². The van der Waals surface area contributed by atoms with Crippen LogP contribution in [0.3, 0.4) is 0 Å². The zero-order valence-electron chi connectivity index (χ0n) is 15.5. The number of nitrogens with one attached hydrogen (secondary N) is 1. The van der Waals surface area contributed by atoms with Crippen molar-refractivity contribution in [2.45, 2.75) is 44.2 Å². The van der Waals surface area contributed by atoms with Crippen molar-refractivity contribution in [3.8, 4) is 5.69 Å².